The predicted octanol–water partition coefficient (Wildman–Crippen LogP) is 3.80. The number of pyridine rings is 1. The molecule has 0 aliphatic heterocycles. The Morgan fingerprint density at radius 3 is 2.57 bits per heavy atom. The highest BCUT2D eigenvalue weighted by molar-refractivity contribution is 6.00. The second-order valence-electron chi connectivity index (χ2n) is 8.47. The van der Waals surface area contributed by atoms with Gasteiger partial charge in [-0.25, -0.2) is 14.1 Å². The molecule has 0 bridgehead atoms. The first-order valence-corrected chi connectivity index (χ1v) is 9.84. The summed E-state index contributed by atoms with van der Waals surface area (Å²) in [5.41, 5.74) is 3.35. The largest absolute Gasteiger partial charge is 0.348 e. The summed E-state index contributed by atoms with van der Waals surface area (Å²) in [6.07, 6.45) is 2.73. The van der Waals surface area contributed by atoms with Crippen molar-refractivity contribution in [3.05, 3.63) is 76.5 Å². The number of carbonyl (C=O) groups is 2. The zero-order valence-corrected chi connectivity index (χ0v) is 17.2. The van der Waals surface area contributed by atoms with Crippen molar-refractivity contribution in [1.29, 1.82) is 0 Å². The third kappa shape index (κ3) is 3.87. The average molecular weight is 406 g/mol. The van der Waals surface area contributed by atoms with Crippen LogP contribution in [0.25, 0.3) is 5.82 Å². The summed E-state index contributed by atoms with van der Waals surface area (Å²) in [6.45, 7) is 6.28. The first-order valence-electron chi connectivity index (χ1n) is 9.84. The predicted molar refractivity (Wildman–Crippen MR) is 110 cm³/mol. The van der Waals surface area contributed by atoms with Crippen LogP contribution in [0.15, 0.2) is 42.6 Å². The number of aromatic nitrogens is 3. The van der Waals surface area contributed by atoms with Crippen molar-refractivity contribution in [2.75, 3.05) is 0 Å². The van der Waals surface area contributed by atoms with E-state index in [1.54, 1.807) is 28.9 Å². The number of nitrogens with zero attached hydrogens (tertiary/aromatic N) is 3. The van der Waals surface area contributed by atoms with Gasteiger partial charge in [-0.1, -0.05) is 26.0 Å². The monoisotopic (exact) mass is 406 g/mol. The third-order valence-electron chi connectivity index (χ3n) is 5.31. The van der Waals surface area contributed by atoms with Crippen LogP contribution in [-0.2, 0) is 13.0 Å². The van der Waals surface area contributed by atoms with E-state index in [0.29, 0.717) is 35.6 Å². The van der Waals surface area contributed by atoms with Crippen LogP contribution in [0.1, 0.15) is 57.9 Å². The number of ketones is 1. The van der Waals surface area contributed by atoms with Crippen LogP contribution in [0.4, 0.5) is 4.39 Å². The molecule has 0 saturated carbocycles. The molecule has 6 nitrogen and oxygen atoms in total. The molecule has 2 aromatic heterocycles. The van der Waals surface area contributed by atoms with Gasteiger partial charge < -0.3 is 5.32 Å². The molecule has 0 saturated heterocycles. The molecule has 7 heteroatoms. The molecule has 1 aliphatic carbocycles. The minimum atomic E-state index is -0.314. The minimum Gasteiger partial charge on any atom is -0.348 e. The molecule has 0 radical (unpaired) electrons. The van der Waals surface area contributed by atoms with Gasteiger partial charge in [-0.05, 0) is 48.6 Å². The Hall–Kier alpha value is -3.35. The van der Waals surface area contributed by atoms with Crippen LogP contribution < -0.4 is 5.32 Å². The number of halogens is 1. The van der Waals surface area contributed by atoms with Crippen LogP contribution in [0.2, 0.25) is 0 Å². The summed E-state index contributed by atoms with van der Waals surface area (Å²) >= 11 is 0. The topological polar surface area (TPSA) is 76.9 Å². The highest BCUT2D eigenvalue weighted by Gasteiger charge is 2.35. The molecule has 0 unspecified atom stereocenters. The summed E-state index contributed by atoms with van der Waals surface area (Å²) in [5, 5.41) is 7.33. The molecule has 1 aromatic carbocycles. The maximum absolute atomic E-state index is 13.0. The third-order valence-corrected chi connectivity index (χ3v) is 5.31. The lowest BCUT2D eigenvalue weighted by Gasteiger charge is -2.29. The smallest absolute Gasteiger partial charge is 0.253 e. The molecule has 0 fully saturated rings. The maximum Gasteiger partial charge on any atom is 0.253 e. The molecule has 0 spiro atoms. The van der Waals surface area contributed by atoms with E-state index < -0.39 is 0 Å². The van der Waals surface area contributed by atoms with Gasteiger partial charge in [0.1, 0.15) is 5.82 Å². The molecule has 2 heterocycles. The van der Waals surface area contributed by atoms with Gasteiger partial charge in [0.05, 0.1) is 22.5 Å². The molecule has 1 aliphatic rings. The summed E-state index contributed by atoms with van der Waals surface area (Å²) in [6, 6.07) is 9.38. The van der Waals surface area contributed by atoms with Gasteiger partial charge in [0.2, 0.25) is 0 Å². The van der Waals surface area contributed by atoms with E-state index in [1.807, 2.05) is 6.92 Å². The van der Waals surface area contributed by atoms with E-state index in [1.165, 1.54) is 18.3 Å². The highest BCUT2D eigenvalue weighted by atomic mass is 19.1. The zero-order valence-electron chi connectivity index (χ0n) is 17.2. The summed E-state index contributed by atoms with van der Waals surface area (Å²) < 4.78 is 14.7. The second kappa shape index (κ2) is 7.48. The Kier molecular flexibility index (Phi) is 4.97. The molecular formula is C23H23FN4O2. The van der Waals surface area contributed by atoms with E-state index in [9.17, 15) is 14.0 Å². The number of benzene rings is 1. The molecule has 1 amide bonds. The fourth-order valence-corrected chi connectivity index (χ4v) is 3.86. The van der Waals surface area contributed by atoms with Crippen LogP contribution in [0, 0.1) is 18.2 Å². The fraction of sp³-hybridized carbons (Fsp3) is 0.304. The SMILES string of the molecule is Cc1nn(-c2ccc(C(=O)NCc3ccc(F)cc3)cn2)c2c1C(=O)CC(C)(C)C2. The van der Waals surface area contributed by atoms with E-state index in [2.05, 4.69) is 29.2 Å². The van der Waals surface area contributed by atoms with Gasteiger partial charge in [0.15, 0.2) is 11.6 Å². The standard InChI is InChI=1S/C23H23FN4O2/c1-14-21-18(10-23(2,3)11-19(21)29)28(27-14)20-9-6-16(13-25-20)22(30)26-12-15-4-7-17(24)8-5-15/h4-9,13H,10-12H2,1-3H3,(H,26,30). The van der Waals surface area contributed by atoms with Gasteiger partial charge >= 0.3 is 0 Å². The summed E-state index contributed by atoms with van der Waals surface area (Å²) in [7, 11) is 0. The van der Waals surface area contributed by atoms with Crippen LogP contribution in [0.5, 0.6) is 0 Å². The molecule has 0 atom stereocenters. The molecule has 4 rings (SSSR count). The zero-order chi connectivity index (χ0) is 21.5. The number of fused-ring (bicyclic) bond motifs is 1. The average Bonchev–Trinajstić information content (AvgIpc) is 3.02. The van der Waals surface area contributed by atoms with Crippen LogP contribution in [-0.4, -0.2) is 26.5 Å². The molecule has 3 aromatic rings. The van der Waals surface area contributed by atoms with Crippen molar-refractivity contribution in [2.24, 2.45) is 5.41 Å². The summed E-state index contributed by atoms with van der Waals surface area (Å²) in [4.78, 5) is 29.4. The van der Waals surface area contributed by atoms with Crippen molar-refractivity contribution >= 4 is 11.7 Å². The van der Waals surface area contributed by atoms with E-state index in [4.69, 9.17) is 0 Å². The lowest BCUT2D eigenvalue weighted by atomic mass is 9.75. The Bertz CT molecular complexity index is 1120. The number of carbonyl (C=O) groups excluding carboxylic acids is 2. The fourth-order valence-electron chi connectivity index (χ4n) is 3.86. The number of hydrogen-bond donors (Lipinski definition) is 1. The molecule has 154 valence electrons. The number of amides is 1. The van der Waals surface area contributed by atoms with Crippen molar-refractivity contribution in [2.45, 2.75) is 40.2 Å². The number of Topliss-reactive ketones (excluding diaryl/α,β-unsaturated/α-hetero) is 1. The van der Waals surface area contributed by atoms with Crippen molar-refractivity contribution < 1.29 is 14.0 Å². The van der Waals surface area contributed by atoms with E-state index in [-0.39, 0.29) is 22.9 Å². The van der Waals surface area contributed by atoms with Gasteiger partial charge in [-0.2, -0.15) is 5.10 Å². The maximum atomic E-state index is 13.0. The lowest BCUT2D eigenvalue weighted by Crippen LogP contribution is -2.28. The van der Waals surface area contributed by atoms with Gasteiger partial charge in [0.25, 0.3) is 5.91 Å². The quantitative estimate of drug-likeness (QED) is 0.715. The highest BCUT2D eigenvalue weighted by Crippen LogP contribution is 2.36. The van der Waals surface area contributed by atoms with Crippen LogP contribution in [0.3, 0.4) is 0 Å². The number of nitrogens with one attached hydrogen (secondary N) is 1. The van der Waals surface area contributed by atoms with Crippen molar-refractivity contribution in [3.63, 3.8) is 0 Å². The molecular weight excluding hydrogens is 383 g/mol. The van der Waals surface area contributed by atoms with Crippen LogP contribution >= 0.6 is 0 Å². The Balaban J connectivity index is 1.53. The first-order chi connectivity index (χ1) is 14.2. The Morgan fingerprint density at radius 1 is 1.17 bits per heavy atom. The molecule has 30 heavy (non-hydrogen) atoms. The molecule has 1 N–H and O–H groups in total. The normalized spacial score (nSPS) is 15.0. The van der Waals surface area contributed by atoms with Crippen molar-refractivity contribution in [1.82, 2.24) is 20.1 Å². The Labute approximate surface area is 174 Å². The van der Waals surface area contributed by atoms with E-state index >= 15 is 0 Å². The lowest BCUT2D eigenvalue weighted by molar-refractivity contribution is 0.0908. The minimum absolute atomic E-state index is 0.113. The first kappa shape index (κ1) is 19.9. The Morgan fingerprint density at radius 2 is 1.90 bits per heavy atom. The number of aryl methyl sites for hydroxylation is 1. The van der Waals surface area contributed by atoms with Gasteiger partial charge in [0, 0.05) is 19.2 Å². The number of hydrogen-bond acceptors (Lipinski definition) is 4. The van der Waals surface area contributed by atoms with Crippen molar-refractivity contribution in [3.8, 4) is 5.82 Å². The van der Waals surface area contributed by atoms with E-state index in [0.717, 1.165) is 17.7 Å². The van der Waals surface area contributed by atoms with Gasteiger partial charge in [-0.15, -0.1) is 0 Å². The number of rotatable bonds is 4. The summed E-state index contributed by atoms with van der Waals surface area (Å²) in [5.74, 6) is 0.0982. The second-order valence-corrected chi connectivity index (χ2v) is 8.47. The van der Waals surface area contributed by atoms with Gasteiger partial charge in [-0.3, -0.25) is 9.59 Å².